The molecule has 0 unspecified atom stereocenters. The van der Waals surface area contributed by atoms with Crippen LogP contribution in [0.25, 0.3) is 11.3 Å². The molecule has 0 atom stereocenters. The Hall–Kier alpha value is -4.34. The summed E-state index contributed by atoms with van der Waals surface area (Å²) < 4.78 is 10.5. The zero-order valence-electron chi connectivity index (χ0n) is 15.1. The smallest absolute Gasteiger partial charge is 0.409 e. The number of rotatable bonds is 5. The van der Waals surface area contributed by atoms with Gasteiger partial charge in [0.25, 0.3) is 0 Å². The van der Waals surface area contributed by atoms with E-state index in [9.17, 15) is 14.4 Å². The van der Waals surface area contributed by atoms with Crippen LogP contribution in [0.5, 0.6) is 5.75 Å². The van der Waals surface area contributed by atoms with Gasteiger partial charge in [0.05, 0.1) is 18.9 Å². The normalized spacial score (nSPS) is 10.1. The first-order valence-corrected chi connectivity index (χ1v) is 8.25. The van der Waals surface area contributed by atoms with Crippen LogP contribution in [0, 0.1) is 0 Å². The molecular weight excluding hydrogens is 380 g/mol. The highest BCUT2D eigenvalue weighted by atomic mass is 16.5. The highest BCUT2D eigenvalue weighted by Crippen LogP contribution is 2.32. The lowest BCUT2D eigenvalue weighted by Gasteiger charge is -2.11. The van der Waals surface area contributed by atoms with Gasteiger partial charge in [-0.2, -0.15) is 0 Å². The summed E-state index contributed by atoms with van der Waals surface area (Å²) in [6, 6.07) is 10.7. The van der Waals surface area contributed by atoms with Gasteiger partial charge in [-0.3, -0.25) is 14.9 Å². The minimum Gasteiger partial charge on any atom is -0.496 e. The average Bonchev–Trinajstić information content (AvgIpc) is 3.22. The second kappa shape index (κ2) is 8.57. The summed E-state index contributed by atoms with van der Waals surface area (Å²) in [4.78, 5) is 38.9. The van der Waals surface area contributed by atoms with E-state index in [0.29, 0.717) is 22.8 Å². The van der Waals surface area contributed by atoms with Crippen molar-refractivity contribution in [2.45, 2.75) is 0 Å². The molecule has 2 aromatic carbocycles. The number of carbonyl (C=O) groups excluding carboxylic acids is 2. The summed E-state index contributed by atoms with van der Waals surface area (Å²) >= 11 is 0. The third-order valence-electron chi connectivity index (χ3n) is 3.74. The molecule has 10 nitrogen and oxygen atoms in total. The number of nitrogens with one attached hydrogen (secondary N) is 3. The second-order valence-corrected chi connectivity index (χ2v) is 5.70. The van der Waals surface area contributed by atoms with Gasteiger partial charge in [-0.15, -0.1) is 0 Å². The second-order valence-electron chi connectivity index (χ2n) is 5.70. The van der Waals surface area contributed by atoms with E-state index >= 15 is 0 Å². The van der Waals surface area contributed by atoms with Crippen LogP contribution in [0.4, 0.5) is 21.9 Å². The zero-order chi connectivity index (χ0) is 20.8. The fraction of sp³-hybridized carbons (Fsp3) is 0.0526. The van der Waals surface area contributed by atoms with Gasteiger partial charge < -0.3 is 24.9 Å². The summed E-state index contributed by atoms with van der Waals surface area (Å²) in [5, 5.41) is 15.8. The monoisotopic (exact) mass is 396 g/mol. The quantitative estimate of drug-likeness (QED) is 0.485. The Morgan fingerprint density at radius 2 is 1.62 bits per heavy atom. The van der Waals surface area contributed by atoms with E-state index in [1.807, 2.05) is 0 Å². The maximum absolute atomic E-state index is 12.2. The molecule has 0 radical (unpaired) electrons. The molecule has 10 heteroatoms. The number of carbonyl (C=O) groups is 3. The first kappa shape index (κ1) is 19.4. The Labute approximate surface area is 164 Å². The number of ether oxygens (including phenoxy) is 1. The fourth-order valence-electron chi connectivity index (χ4n) is 2.50. The number of hydrogen-bond donors (Lipinski definition) is 4. The number of amides is 3. The maximum atomic E-state index is 12.2. The van der Waals surface area contributed by atoms with Crippen LogP contribution in [0.2, 0.25) is 0 Å². The number of oxazole rings is 1. The summed E-state index contributed by atoms with van der Waals surface area (Å²) in [7, 11) is 1.46. The molecule has 0 bridgehead atoms. The molecule has 0 saturated carbocycles. The molecule has 1 aromatic heterocycles. The zero-order valence-corrected chi connectivity index (χ0v) is 15.1. The molecule has 3 aromatic rings. The van der Waals surface area contributed by atoms with Crippen LogP contribution in [-0.2, 0) is 9.59 Å². The lowest BCUT2D eigenvalue weighted by Crippen LogP contribution is -2.29. The van der Waals surface area contributed by atoms with Gasteiger partial charge in [-0.05, 0) is 30.3 Å². The SMILES string of the molecule is COc1cc(NC(=O)C(=O)Nc2cccc(NC(=O)O)c2)ccc1-c1cnco1. The maximum Gasteiger partial charge on any atom is 0.409 e. The summed E-state index contributed by atoms with van der Waals surface area (Å²) in [5.41, 5.74) is 1.49. The van der Waals surface area contributed by atoms with Crippen molar-refractivity contribution in [2.24, 2.45) is 0 Å². The standard InChI is InChI=1S/C19H16N4O6/c1-28-15-8-13(5-6-14(15)16-9-20-10-29-16)22-18(25)17(24)21-11-3-2-4-12(7-11)23-19(26)27/h2-10,23H,1H3,(H,21,24)(H,22,25)(H,26,27). The van der Waals surface area contributed by atoms with Crippen LogP contribution < -0.4 is 20.7 Å². The molecule has 0 fully saturated rings. The molecule has 3 rings (SSSR count). The molecule has 148 valence electrons. The van der Waals surface area contributed by atoms with E-state index in [1.54, 1.807) is 18.2 Å². The molecule has 0 aliphatic carbocycles. The number of methoxy groups -OCH3 is 1. The predicted octanol–water partition coefficient (Wildman–Crippen LogP) is 3.02. The van der Waals surface area contributed by atoms with Crippen LogP contribution >= 0.6 is 0 Å². The van der Waals surface area contributed by atoms with Gasteiger partial charge in [0, 0.05) is 23.1 Å². The molecule has 0 aliphatic rings. The van der Waals surface area contributed by atoms with E-state index in [2.05, 4.69) is 20.9 Å². The predicted molar refractivity (Wildman–Crippen MR) is 104 cm³/mol. The van der Waals surface area contributed by atoms with Crippen LogP contribution in [0.3, 0.4) is 0 Å². The first-order chi connectivity index (χ1) is 14.0. The van der Waals surface area contributed by atoms with Gasteiger partial charge in [0.2, 0.25) is 0 Å². The van der Waals surface area contributed by atoms with Crippen LogP contribution in [-0.4, -0.2) is 35.1 Å². The number of hydrogen-bond acceptors (Lipinski definition) is 6. The lowest BCUT2D eigenvalue weighted by atomic mass is 10.1. The molecule has 29 heavy (non-hydrogen) atoms. The van der Waals surface area contributed by atoms with Gasteiger partial charge in [0.1, 0.15) is 5.75 Å². The van der Waals surface area contributed by atoms with Crippen LogP contribution in [0.15, 0.2) is 59.5 Å². The molecule has 0 spiro atoms. The van der Waals surface area contributed by atoms with Gasteiger partial charge in [-0.25, -0.2) is 9.78 Å². The average molecular weight is 396 g/mol. The number of aromatic nitrogens is 1. The minimum absolute atomic E-state index is 0.253. The van der Waals surface area contributed by atoms with E-state index in [4.69, 9.17) is 14.3 Å². The van der Waals surface area contributed by atoms with Crippen molar-refractivity contribution in [3.8, 4) is 17.1 Å². The van der Waals surface area contributed by atoms with Crippen LogP contribution in [0.1, 0.15) is 0 Å². The topological polar surface area (TPSA) is 143 Å². The minimum atomic E-state index is -1.24. The summed E-state index contributed by atoms with van der Waals surface area (Å²) in [6.07, 6.45) is 1.57. The number of benzene rings is 2. The van der Waals surface area contributed by atoms with Crippen molar-refractivity contribution in [2.75, 3.05) is 23.1 Å². The Kier molecular flexibility index (Phi) is 5.74. The molecule has 1 heterocycles. The van der Waals surface area contributed by atoms with E-state index < -0.39 is 17.9 Å². The Balaban J connectivity index is 1.68. The molecule has 4 N–H and O–H groups in total. The largest absolute Gasteiger partial charge is 0.496 e. The van der Waals surface area contributed by atoms with Crippen molar-refractivity contribution in [1.82, 2.24) is 4.98 Å². The Morgan fingerprint density at radius 1 is 0.966 bits per heavy atom. The summed E-state index contributed by atoms with van der Waals surface area (Å²) in [5.74, 6) is -0.911. The molecule has 0 saturated heterocycles. The van der Waals surface area contributed by atoms with Crippen molar-refractivity contribution in [3.05, 3.63) is 55.1 Å². The third kappa shape index (κ3) is 4.89. The first-order valence-electron chi connectivity index (χ1n) is 8.25. The molecular formula is C19H16N4O6. The fourth-order valence-corrected chi connectivity index (χ4v) is 2.50. The lowest BCUT2D eigenvalue weighted by molar-refractivity contribution is -0.132. The van der Waals surface area contributed by atoms with Gasteiger partial charge >= 0.3 is 17.9 Å². The van der Waals surface area contributed by atoms with E-state index in [0.717, 1.165) is 0 Å². The van der Waals surface area contributed by atoms with Crippen molar-refractivity contribution in [1.29, 1.82) is 0 Å². The Bertz CT molecular complexity index is 1050. The number of nitrogens with zero attached hydrogens (tertiary/aromatic N) is 1. The summed E-state index contributed by atoms with van der Waals surface area (Å²) in [6.45, 7) is 0. The van der Waals surface area contributed by atoms with Gasteiger partial charge in [0.15, 0.2) is 12.2 Å². The van der Waals surface area contributed by atoms with Crippen molar-refractivity contribution >= 4 is 35.0 Å². The third-order valence-corrected chi connectivity index (χ3v) is 3.74. The molecule has 3 amide bonds. The van der Waals surface area contributed by atoms with E-state index in [-0.39, 0.29) is 11.4 Å². The number of anilines is 3. The van der Waals surface area contributed by atoms with Gasteiger partial charge in [-0.1, -0.05) is 6.07 Å². The van der Waals surface area contributed by atoms with Crippen molar-refractivity contribution < 1.29 is 28.6 Å². The molecule has 0 aliphatic heterocycles. The Morgan fingerprint density at radius 3 is 2.21 bits per heavy atom. The van der Waals surface area contributed by atoms with E-state index in [1.165, 1.54) is 44.0 Å². The van der Waals surface area contributed by atoms with Crippen molar-refractivity contribution in [3.63, 3.8) is 0 Å². The number of carboxylic acid groups (broad SMARTS) is 1. The highest BCUT2D eigenvalue weighted by Gasteiger charge is 2.16. The highest BCUT2D eigenvalue weighted by molar-refractivity contribution is 6.43.